The van der Waals surface area contributed by atoms with E-state index in [0.717, 1.165) is 39.7 Å². The molecule has 0 aliphatic rings. The molecular formula is C35H28N2O2S2. The maximum atomic E-state index is 5.97. The van der Waals surface area contributed by atoms with Gasteiger partial charge in [0, 0.05) is 11.4 Å². The number of thiol groups is 1. The lowest BCUT2D eigenvalue weighted by atomic mass is 10.0. The van der Waals surface area contributed by atoms with E-state index in [0.29, 0.717) is 10.9 Å². The summed E-state index contributed by atoms with van der Waals surface area (Å²) < 4.78 is 11.8. The average molecular weight is 573 g/mol. The first-order valence-electron chi connectivity index (χ1n) is 13.3. The van der Waals surface area contributed by atoms with Crippen LogP contribution in [0.15, 0.2) is 133 Å². The van der Waals surface area contributed by atoms with E-state index in [1.807, 2.05) is 78.9 Å². The van der Waals surface area contributed by atoms with Gasteiger partial charge in [-0.2, -0.15) is 0 Å². The highest BCUT2D eigenvalue weighted by molar-refractivity contribution is 7.80. The van der Waals surface area contributed by atoms with Crippen molar-refractivity contribution in [3.05, 3.63) is 145 Å². The molecule has 6 aromatic carbocycles. The molecule has 0 amide bonds. The lowest BCUT2D eigenvalue weighted by molar-refractivity contribution is 0.317. The molecule has 6 aromatic rings. The van der Waals surface area contributed by atoms with Crippen LogP contribution < -0.4 is 20.1 Å². The number of hydrogen-bond acceptors (Lipinski definition) is 5. The molecule has 0 saturated carbocycles. The van der Waals surface area contributed by atoms with Crippen LogP contribution in [0, 0.1) is 0 Å². The molecule has 1 atom stereocenters. The first-order chi connectivity index (χ1) is 20.1. The number of rotatable bonds is 8. The van der Waals surface area contributed by atoms with Gasteiger partial charge in [0.1, 0.15) is 11.5 Å². The molecule has 0 spiro atoms. The van der Waals surface area contributed by atoms with Crippen LogP contribution >= 0.6 is 24.8 Å². The fourth-order valence-electron chi connectivity index (χ4n) is 4.68. The van der Waals surface area contributed by atoms with Gasteiger partial charge in [0.25, 0.3) is 5.17 Å². The Morgan fingerprint density at radius 3 is 1.73 bits per heavy atom. The van der Waals surface area contributed by atoms with Gasteiger partial charge in [-0.05, 0) is 99.8 Å². The second-order valence-corrected chi connectivity index (χ2v) is 10.6. The monoisotopic (exact) mass is 572 g/mol. The van der Waals surface area contributed by atoms with Crippen LogP contribution in [0.5, 0.6) is 11.5 Å². The molecule has 4 nitrogen and oxygen atoms in total. The molecule has 0 radical (unpaired) electrons. The normalized spacial score (nSPS) is 11.6. The number of anilines is 2. The van der Waals surface area contributed by atoms with E-state index in [4.69, 9.17) is 21.7 Å². The van der Waals surface area contributed by atoms with Crippen LogP contribution in [0.4, 0.5) is 11.4 Å². The van der Waals surface area contributed by atoms with E-state index >= 15 is 0 Å². The molecule has 0 aliphatic carbocycles. The van der Waals surface area contributed by atoms with Gasteiger partial charge in [-0.15, -0.1) is 12.6 Å². The highest BCUT2D eigenvalue weighted by Crippen LogP contribution is 2.24. The van der Waals surface area contributed by atoms with E-state index in [1.54, 1.807) is 0 Å². The predicted molar refractivity (Wildman–Crippen MR) is 177 cm³/mol. The highest BCUT2D eigenvalue weighted by Gasteiger charge is 2.07. The maximum Gasteiger partial charge on any atom is 0.266 e. The largest absolute Gasteiger partial charge is 0.462 e. The van der Waals surface area contributed by atoms with Crippen LogP contribution in [0.1, 0.15) is 11.1 Å². The maximum absolute atomic E-state index is 5.97. The van der Waals surface area contributed by atoms with Gasteiger partial charge in [-0.1, -0.05) is 84.9 Å². The zero-order chi connectivity index (χ0) is 28.0. The van der Waals surface area contributed by atoms with E-state index < -0.39 is 5.56 Å². The molecule has 41 heavy (non-hydrogen) atoms. The molecule has 1 unspecified atom stereocenters. The van der Waals surface area contributed by atoms with Crippen LogP contribution in [0.3, 0.4) is 0 Å². The van der Waals surface area contributed by atoms with Crippen LogP contribution in [-0.4, -0.2) is 10.7 Å². The van der Waals surface area contributed by atoms with E-state index in [9.17, 15) is 0 Å². The summed E-state index contributed by atoms with van der Waals surface area (Å²) >= 11 is 9.99. The summed E-state index contributed by atoms with van der Waals surface area (Å²) in [7, 11) is 0. The smallest absolute Gasteiger partial charge is 0.266 e. The highest BCUT2D eigenvalue weighted by atomic mass is 32.1. The summed E-state index contributed by atoms with van der Waals surface area (Å²) in [5.41, 5.74) is 3.75. The van der Waals surface area contributed by atoms with Gasteiger partial charge in [0.2, 0.25) is 5.56 Å². The van der Waals surface area contributed by atoms with Crippen molar-refractivity contribution in [2.75, 3.05) is 10.6 Å². The van der Waals surface area contributed by atoms with Gasteiger partial charge in [0.15, 0.2) is 0 Å². The Morgan fingerprint density at radius 1 is 0.610 bits per heavy atom. The van der Waals surface area contributed by atoms with Gasteiger partial charge in [-0.25, -0.2) is 0 Å². The lowest BCUT2D eigenvalue weighted by Crippen LogP contribution is -2.19. The summed E-state index contributed by atoms with van der Waals surface area (Å²) in [6.45, 7) is 0. The number of ether oxygens (including phenoxy) is 2. The van der Waals surface area contributed by atoms with Gasteiger partial charge in [0.05, 0.1) is 0 Å². The summed E-state index contributed by atoms with van der Waals surface area (Å²) in [6.07, 6.45) is 0.816. The van der Waals surface area contributed by atoms with E-state index in [-0.39, 0.29) is 0 Å². The SMILES string of the molecule is S=C(Nc1ccc(Cc2ccc(NC(S)Oc3ccc4ccccc4c3)cc2)cc1)Oc1ccc2ccccc2c1. The van der Waals surface area contributed by atoms with Crippen molar-refractivity contribution in [1.29, 1.82) is 0 Å². The zero-order valence-electron chi connectivity index (χ0n) is 22.2. The van der Waals surface area contributed by atoms with E-state index in [1.165, 1.54) is 16.5 Å². The lowest BCUT2D eigenvalue weighted by Gasteiger charge is -2.17. The number of thiocarbonyl (C=S) groups is 1. The van der Waals surface area contributed by atoms with Crippen molar-refractivity contribution in [3.8, 4) is 11.5 Å². The quantitative estimate of drug-likeness (QED) is 0.0965. The summed E-state index contributed by atoms with van der Waals surface area (Å²) in [5.74, 6) is 1.48. The number of nitrogens with one attached hydrogen (secondary N) is 2. The molecule has 202 valence electrons. The van der Waals surface area contributed by atoms with E-state index in [2.05, 4.69) is 77.9 Å². The van der Waals surface area contributed by atoms with Crippen LogP contribution in [0.2, 0.25) is 0 Å². The molecule has 6 heteroatoms. The Bertz CT molecular complexity index is 1800. The van der Waals surface area contributed by atoms with Crippen molar-refractivity contribution < 1.29 is 9.47 Å². The summed E-state index contributed by atoms with van der Waals surface area (Å²) in [6, 6.07) is 44.9. The van der Waals surface area contributed by atoms with Crippen molar-refractivity contribution in [2.24, 2.45) is 0 Å². The second-order valence-electron chi connectivity index (χ2n) is 9.72. The Balaban J connectivity index is 0.997. The zero-order valence-corrected chi connectivity index (χ0v) is 23.9. The molecular weight excluding hydrogens is 545 g/mol. The molecule has 0 heterocycles. The Labute approximate surface area is 250 Å². The van der Waals surface area contributed by atoms with Crippen molar-refractivity contribution in [1.82, 2.24) is 0 Å². The number of fused-ring (bicyclic) bond motifs is 2. The van der Waals surface area contributed by atoms with Crippen molar-refractivity contribution >= 4 is 62.9 Å². The molecule has 0 saturated heterocycles. The Kier molecular flexibility index (Phi) is 8.03. The van der Waals surface area contributed by atoms with Crippen LogP contribution in [-0.2, 0) is 6.42 Å². The third kappa shape index (κ3) is 6.98. The molecule has 6 rings (SSSR count). The number of benzene rings is 6. The molecule has 2 N–H and O–H groups in total. The first kappa shape index (κ1) is 26.7. The minimum atomic E-state index is -0.474. The molecule has 0 bridgehead atoms. The van der Waals surface area contributed by atoms with Crippen LogP contribution in [0.25, 0.3) is 21.5 Å². The third-order valence-corrected chi connectivity index (χ3v) is 7.17. The first-order valence-corrected chi connectivity index (χ1v) is 14.3. The van der Waals surface area contributed by atoms with Crippen molar-refractivity contribution in [3.63, 3.8) is 0 Å². The second kappa shape index (κ2) is 12.3. The topological polar surface area (TPSA) is 42.5 Å². The minimum absolute atomic E-state index is 0.309. The fraction of sp³-hybridized carbons (Fsp3) is 0.0571. The van der Waals surface area contributed by atoms with Gasteiger partial charge >= 0.3 is 0 Å². The average Bonchev–Trinajstić information content (AvgIpc) is 2.99. The summed E-state index contributed by atoms with van der Waals surface area (Å²) in [4.78, 5) is 0. The third-order valence-electron chi connectivity index (χ3n) is 6.75. The predicted octanol–water partition coefficient (Wildman–Crippen LogP) is 9.06. The Morgan fingerprint density at radius 2 is 1.12 bits per heavy atom. The fourth-order valence-corrected chi connectivity index (χ4v) is 5.17. The Hall–Kier alpha value is -4.52. The molecule has 0 aliphatic heterocycles. The van der Waals surface area contributed by atoms with Gasteiger partial charge in [-0.3, -0.25) is 0 Å². The molecule has 0 fully saturated rings. The summed E-state index contributed by atoms with van der Waals surface area (Å²) in [5, 5.41) is 11.4. The standard InChI is InChI=1S/C35H28N2O2S2/c40-34(38-32-19-13-26-5-1-3-7-28(26)22-32)36-30-15-9-24(10-16-30)21-25-11-17-31(18-12-25)37-35(41)39-33-20-14-27-6-2-4-8-29(27)23-33/h1-20,22-23,34,36,40H,21H2,(H,37,41). The van der Waals surface area contributed by atoms with Crippen molar-refractivity contribution in [2.45, 2.75) is 12.0 Å². The number of hydrogen-bond donors (Lipinski definition) is 3. The van der Waals surface area contributed by atoms with Gasteiger partial charge < -0.3 is 20.1 Å². The minimum Gasteiger partial charge on any atom is -0.462 e. The molecule has 0 aromatic heterocycles.